The van der Waals surface area contributed by atoms with Gasteiger partial charge in [0.15, 0.2) is 46.5 Å². The summed E-state index contributed by atoms with van der Waals surface area (Å²) < 4.78 is 81.1. The number of unbranched alkanes of at least 4 members (excludes halogenated alkanes) is 1. The molecule has 0 aliphatic carbocycles. The normalized spacial score (nSPS) is 17.1. The SMILES string of the molecule is C.C.C.C.[2H]C([2H])(C)CCOc1nc(N)c2c(n1)N(Cc1ccc(CN3CCCC3)cc1)CC(=O)N2.[2H]C([2H])([2H])CCCOc1nc(N)c2c(n1)N(Cc1ccc(CN3CCCC3)cc1)CC(=O)N2.[2H]C([2H])CCCOc1nc(N)c2c(n1)N(Cc1ccc(CN3CCCC3)cc1)CC(=O)N2.[2H]CCCCOc1nc(N)c2c(n1)N(Cc1ccc(CN3CCCC3)cc1)CC(=O)N2. The maximum Gasteiger partial charge on any atom is 0.320 e. The number of nitrogens with two attached hydrogens (primary N) is 4. The number of carbonyl (C=O) groups is 4. The van der Waals surface area contributed by atoms with E-state index < -0.39 is 20.1 Å². The first-order valence-corrected chi connectivity index (χ1v) is 41.9. The number of amides is 4. The van der Waals surface area contributed by atoms with Crippen LogP contribution in [0.15, 0.2) is 97.1 Å². The molecule has 8 aliphatic rings. The minimum atomic E-state index is -2.00. The van der Waals surface area contributed by atoms with Gasteiger partial charge in [0, 0.05) is 63.3 Å². The number of nitrogen functional groups attached to an aromatic ring is 4. The molecule has 12 N–H and O–H groups in total. The first-order chi connectivity index (χ1) is 61.6. The van der Waals surface area contributed by atoms with E-state index in [0.717, 1.165) is 87.5 Å². The molecular weight excluding hydrogens is 1570 g/mol. The van der Waals surface area contributed by atoms with Crippen molar-refractivity contribution in [3.05, 3.63) is 142 Å². The molecule has 124 heavy (non-hydrogen) atoms. The van der Waals surface area contributed by atoms with Crippen LogP contribution < -0.4 is 82.7 Å². The zero-order chi connectivity index (χ0) is 90.3. The van der Waals surface area contributed by atoms with Crippen LogP contribution in [0, 0.1) is 0 Å². The number of nitrogens with one attached hydrogen (secondary N) is 4. The van der Waals surface area contributed by atoms with E-state index in [1.807, 2.05) is 19.6 Å². The second kappa shape index (κ2) is 48.0. The molecular formula is C92H136N24O8. The van der Waals surface area contributed by atoms with E-state index in [1.165, 1.54) is 107 Å². The standard InChI is InChI=1S/4C22H30N6O2.4CH4/c4*1-2-3-12-30-22-25-20(23)19-21(26-22)28(15-18(29)24-19)14-17-8-6-16(7-9-17)13-27-10-4-5-11-27;;;;/h4*6-9H,2-5,10-15H2,1H3,(H,24,29)(H2,23,25,26);4*1H4/i2D2;1D3;1D2;1D;;;;. The minimum absolute atomic E-state index is 0. The van der Waals surface area contributed by atoms with Gasteiger partial charge < -0.3 is 82.7 Å². The van der Waals surface area contributed by atoms with Gasteiger partial charge in [-0.25, -0.2) is 0 Å². The van der Waals surface area contributed by atoms with Crippen molar-refractivity contribution in [1.82, 2.24) is 59.5 Å². The molecule has 0 unspecified atom stereocenters. The third-order valence-electron chi connectivity index (χ3n) is 21.5. The van der Waals surface area contributed by atoms with E-state index in [-0.39, 0.29) is 153 Å². The molecule has 0 radical (unpaired) electrons. The van der Waals surface area contributed by atoms with E-state index in [9.17, 15) is 19.2 Å². The summed E-state index contributed by atoms with van der Waals surface area (Å²) in [7, 11) is 0. The zero-order valence-electron chi connectivity index (χ0n) is 76.8. The Morgan fingerprint density at radius 1 is 0.331 bits per heavy atom. The Bertz CT molecular complexity index is 5010. The minimum Gasteiger partial charge on any atom is -0.463 e. The fourth-order valence-electron chi connectivity index (χ4n) is 15.3. The fourth-order valence-corrected chi connectivity index (χ4v) is 15.3. The number of hydrogen-bond acceptors (Lipinski definition) is 28. The summed E-state index contributed by atoms with van der Waals surface area (Å²) in [5, 5.41) is 11.0. The number of rotatable bonds is 32. The number of fused-ring (bicyclic) bond motifs is 4. The molecule has 4 fully saturated rings. The summed E-state index contributed by atoms with van der Waals surface area (Å²) >= 11 is 0. The molecule has 4 amide bonds. The number of ether oxygens (including phenoxy) is 4. The van der Waals surface area contributed by atoms with Crippen molar-refractivity contribution < 1.29 is 49.1 Å². The molecule has 0 bridgehead atoms. The number of hydrogen-bond donors (Lipinski definition) is 8. The fraction of sp³-hybridized carbons (Fsp3) is 0.522. The van der Waals surface area contributed by atoms with Crippen molar-refractivity contribution in [2.45, 2.75) is 212 Å². The average Bonchev–Trinajstić information content (AvgIpc) is 0.889. The van der Waals surface area contributed by atoms with E-state index in [2.05, 4.69) is 178 Å². The van der Waals surface area contributed by atoms with Gasteiger partial charge in [-0.3, -0.25) is 38.8 Å². The van der Waals surface area contributed by atoms with Crippen LogP contribution in [0.4, 0.5) is 69.3 Å². The number of likely N-dealkylation sites (tertiary alicyclic amines) is 4. The Morgan fingerprint density at radius 3 is 0.782 bits per heavy atom. The predicted molar refractivity (Wildman–Crippen MR) is 497 cm³/mol. The Kier molecular flexibility index (Phi) is 32.8. The molecule has 0 atom stereocenters. The molecule has 4 saturated heterocycles. The van der Waals surface area contributed by atoms with Crippen molar-refractivity contribution in [2.75, 3.05) is 169 Å². The van der Waals surface area contributed by atoms with Gasteiger partial charge in [0.05, 0.1) is 52.6 Å². The second-order valence-corrected chi connectivity index (χ2v) is 31.1. The number of benzene rings is 4. The van der Waals surface area contributed by atoms with Crippen LogP contribution in [0.3, 0.4) is 0 Å². The summed E-state index contributed by atoms with van der Waals surface area (Å²) in [6.07, 6.45) is 12.0. The summed E-state index contributed by atoms with van der Waals surface area (Å²) in [5.41, 5.74) is 35.3. The van der Waals surface area contributed by atoms with Gasteiger partial charge in [-0.1, -0.05) is 180 Å². The van der Waals surface area contributed by atoms with Crippen molar-refractivity contribution in [3.8, 4) is 24.0 Å². The maximum absolute atomic E-state index is 12.3. The van der Waals surface area contributed by atoms with Gasteiger partial charge in [-0.2, -0.15) is 39.9 Å². The molecule has 4 aromatic heterocycles. The molecule has 12 heterocycles. The van der Waals surface area contributed by atoms with Gasteiger partial charge in [0.25, 0.3) is 0 Å². The molecule has 0 saturated carbocycles. The molecule has 0 spiro atoms. The average molecular weight is 1710 g/mol. The highest BCUT2D eigenvalue weighted by molar-refractivity contribution is 6.05. The van der Waals surface area contributed by atoms with Gasteiger partial charge >= 0.3 is 24.0 Å². The van der Waals surface area contributed by atoms with Crippen LogP contribution in [0.5, 0.6) is 24.0 Å². The number of carbonyl (C=O) groups excluding carboxylic acids is 4. The number of nitrogens with zero attached hydrogens (tertiary/aromatic N) is 16. The molecule has 32 heteroatoms. The highest BCUT2D eigenvalue weighted by atomic mass is 16.5. The van der Waals surface area contributed by atoms with E-state index >= 15 is 0 Å². The Balaban J connectivity index is 0.000000196. The lowest BCUT2D eigenvalue weighted by molar-refractivity contribution is -0.116. The molecule has 16 rings (SSSR count). The van der Waals surface area contributed by atoms with E-state index in [0.29, 0.717) is 112 Å². The largest absolute Gasteiger partial charge is 0.463 e. The first-order valence-electron chi connectivity index (χ1n) is 46.2. The lowest BCUT2D eigenvalue weighted by Crippen LogP contribution is -2.39. The molecule has 8 aromatic rings. The number of aromatic nitrogens is 8. The predicted octanol–water partition coefficient (Wildman–Crippen LogP) is 13.7. The van der Waals surface area contributed by atoms with Crippen molar-refractivity contribution in [2.24, 2.45) is 0 Å². The first kappa shape index (κ1) is 84.7. The Labute approximate surface area is 745 Å². The van der Waals surface area contributed by atoms with Crippen LogP contribution in [0.2, 0.25) is 0 Å². The smallest absolute Gasteiger partial charge is 0.320 e. The summed E-state index contributed by atoms with van der Waals surface area (Å²) in [5.74, 6) is 2.04. The number of anilines is 12. The van der Waals surface area contributed by atoms with Crippen LogP contribution in [-0.4, -0.2) is 188 Å². The Hall–Kier alpha value is -11.5. The molecule has 4 aromatic carbocycles. The van der Waals surface area contributed by atoms with Crippen LogP contribution in [0.25, 0.3) is 0 Å². The molecule has 672 valence electrons. The maximum atomic E-state index is 12.3. The quantitative estimate of drug-likeness (QED) is 0.0182. The highest BCUT2D eigenvalue weighted by Crippen LogP contribution is 2.39. The van der Waals surface area contributed by atoms with Crippen molar-refractivity contribution >= 4 is 92.9 Å². The van der Waals surface area contributed by atoms with E-state index in [4.69, 9.17) is 52.8 Å². The van der Waals surface area contributed by atoms with Crippen molar-refractivity contribution in [3.63, 3.8) is 0 Å². The Morgan fingerprint density at radius 2 is 0.556 bits per heavy atom. The van der Waals surface area contributed by atoms with E-state index in [1.54, 1.807) is 0 Å². The molecule has 8 aliphatic heterocycles. The van der Waals surface area contributed by atoms with Crippen LogP contribution >= 0.6 is 0 Å². The van der Waals surface area contributed by atoms with Crippen molar-refractivity contribution in [1.29, 1.82) is 0 Å². The lowest BCUT2D eigenvalue weighted by atomic mass is 10.1. The monoisotopic (exact) mass is 1710 g/mol. The zero-order valence-corrected chi connectivity index (χ0v) is 68.8. The van der Waals surface area contributed by atoms with Gasteiger partial charge in [-0.15, -0.1) is 0 Å². The lowest BCUT2D eigenvalue weighted by Gasteiger charge is -2.30. The van der Waals surface area contributed by atoms with Crippen LogP contribution in [-0.2, 0) is 71.5 Å². The second-order valence-electron chi connectivity index (χ2n) is 31.1. The third-order valence-corrected chi connectivity index (χ3v) is 21.5. The highest BCUT2D eigenvalue weighted by Gasteiger charge is 2.33. The van der Waals surface area contributed by atoms with Gasteiger partial charge in [-0.05, 0) is 174 Å². The molecule has 32 nitrogen and oxygen atoms in total. The third kappa shape index (κ3) is 27.3. The summed E-state index contributed by atoms with van der Waals surface area (Å²) in [6.45, 7) is 15.9. The summed E-state index contributed by atoms with van der Waals surface area (Å²) in [6, 6.07) is 34.4. The summed E-state index contributed by atoms with van der Waals surface area (Å²) in [4.78, 5) is 101. The van der Waals surface area contributed by atoms with Crippen LogP contribution in [0.1, 0.15) is 215 Å². The van der Waals surface area contributed by atoms with Gasteiger partial charge in [0.1, 0.15) is 22.7 Å². The topological polar surface area (TPSA) is 386 Å². The van der Waals surface area contributed by atoms with Gasteiger partial charge in [0.2, 0.25) is 23.6 Å².